The van der Waals surface area contributed by atoms with Crippen molar-refractivity contribution in [1.82, 2.24) is 5.43 Å². The number of phenolic OH excluding ortho intramolecular Hbond substituents is 1. The first kappa shape index (κ1) is 15.8. The van der Waals surface area contributed by atoms with E-state index in [1.54, 1.807) is 42.5 Å². The van der Waals surface area contributed by atoms with E-state index in [1.165, 1.54) is 0 Å². The number of benzene rings is 2. The topological polar surface area (TPSA) is 61.7 Å². The van der Waals surface area contributed by atoms with Gasteiger partial charge in [0.05, 0.1) is 5.71 Å². The fraction of sp³-hybridized carbons (Fsp3) is 0.222. The number of phenols is 1. The van der Waals surface area contributed by atoms with Crippen LogP contribution in [0.5, 0.6) is 5.75 Å². The van der Waals surface area contributed by atoms with Gasteiger partial charge in [0.1, 0.15) is 5.75 Å². The van der Waals surface area contributed by atoms with Crippen molar-refractivity contribution in [3.63, 3.8) is 0 Å². The van der Waals surface area contributed by atoms with Crippen molar-refractivity contribution in [1.29, 1.82) is 0 Å². The van der Waals surface area contributed by atoms with Gasteiger partial charge >= 0.3 is 0 Å². The third-order valence-electron chi connectivity index (χ3n) is 3.17. The Bertz CT molecular complexity index is 686. The van der Waals surface area contributed by atoms with Crippen LogP contribution in [0.1, 0.15) is 36.7 Å². The molecule has 0 aliphatic carbocycles. The van der Waals surface area contributed by atoms with E-state index in [0.29, 0.717) is 16.8 Å². The lowest BCUT2D eigenvalue weighted by Crippen LogP contribution is -2.27. The maximum Gasteiger partial charge on any atom is 0.271 e. The molecule has 0 aliphatic rings. The Balaban J connectivity index is 2.31. The van der Waals surface area contributed by atoms with Gasteiger partial charge in [0.2, 0.25) is 0 Å². The monoisotopic (exact) mass is 296 g/mol. The van der Waals surface area contributed by atoms with Crippen molar-refractivity contribution in [3.05, 3.63) is 65.7 Å². The summed E-state index contributed by atoms with van der Waals surface area (Å²) in [5.74, 6) is -0.136. The van der Waals surface area contributed by atoms with Crippen molar-refractivity contribution in [2.45, 2.75) is 20.8 Å². The van der Waals surface area contributed by atoms with E-state index in [0.717, 1.165) is 0 Å². The van der Waals surface area contributed by atoms with Gasteiger partial charge in [-0.1, -0.05) is 51.1 Å². The van der Waals surface area contributed by atoms with E-state index in [-0.39, 0.29) is 17.1 Å². The number of amides is 1. The molecule has 1 amide bonds. The summed E-state index contributed by atoms with van der Waals surface area (Å²) in [5.41, 5.74) is 4.01. The molecule has 0 spiro atoms. The number of rotatable bonds is 3. The van der Waals surface area contributed by atoms with Gasteiger partial charge < -0.3 is 5.11 Å². The van der Waals surface area contributed by atoms with Gasteiger partial charge in [0, 0.05) is 16.5 Å². The number of hydrogen-bond donors (Lipinski definition) is 2. The summed E-state index contributed by atoms with van der Waals surface area (Å²) in [4.78, 5) is 12.1. The number of carbonyl (C=O) groups is 1. The Hall–Kier alpha value is -2.62. The van der Waals surface area contributed by atoms with E-state index >= 15 is 0 Å². The minimum absolute atomic E-state index is 0.144. The molecule has 0 heterocycles. The molecule has 0 aromatic heterocycles. The molecular formula is C18H20N2O2. The first-order valence-electron chi connectivity index (χ1n) is 7.11. The second-order valence-electron chi connectivity index (χ2n) is 6.03. The molecular weight excluding hydrogens is 276 g/mol. The zero-order chi connectivity index (χ0) is 16.2. The maximum absolute atomic E-state index is 12.1. The summed E-state index contributed by atoms with van der Waals surface area (Å²) in [6, 6.07) is 15.9. The highest BCUT2D eigenvalue weighted by molar-refractivity contribution is 6.07. The summed E-state index contributed by atoms with van der Waals surface area (Å²) < 4.78 is 0. The van der Waals surface area contributed by atoms with E-state index in [4.69, 9.17) is 0 Å². The molecule has 22 heavy (non-hydrogen) atoms. The molecule has 2 N–H and O–H groups in total. The van der Waals surface area contributed by atoms with Crippen molar-refractivity contribution in [3.8, 4) is 5.75 Å². The summed E-state index contributed by atoms with van der Waals surface area (Å²) >= 11 is 0. The molecule has 0 atom stereocenters. The van der Waals surface area contributed by atoms with E-state index < -0.39 is 0 Å². The van der Waals surface area contributed by atoms with Gasteiger partial charge in [-0.3, -0.25) is 4.79 Å². The minimum Gasteiger partial charge on any atom is -0.507 e. The zero-order valence-corrected chi connectivity index (χ0v) is 13.0. The summed E-state index contributed by atoms with van der Waals surface area (Å²) in [6.07, 6.45) is 0. The lowest BCUT2D eigenvalue weighted by atomic mass is 9.85. The van der Waals surface area contributed by atoms with Gasteiger partial charge in [0.25, 0.3) is 5.91 Å². The van der Waals surface area contributed by atoms with Crippen LogP contribution < -0.4 is 5.43 Å². The van der Waals surface area contributed by atoms with Crippen molar-refractivity contribution >= 4 is 11.6 Å². The molecule has 2 rings (SSSR count). The predicted octanol–water partition coefficient (Wildman–Crippen LogP) is 3.57. The number of carbonyl (C=O) groups excluding carboxylic acids is 1. The van der Waals surface area contributed by atoms with Crippen LogP contribution in [-0.4, -0.2) is 16.7 Å². The highest BCUT2D eigenvalue weighted by Crippen LogP contribution is 2.27. The molecule has 2 aromatic carbocycles. The largest absolute Gasteiger partial charge is 0.507 e. The molecule has 114 valence electrons. The van der Waals surface area contributed by atoms with Crippen LogP contribution in [0.2, 0.25) is 0 Å². The van der Waals surface area contributed by atoms with Crippen molar-refractivity contribution in [2.24, 2.45) is 10.5 Å². The van der Waals surface area contributed by atoms with Crippen LogP contribution >= 0.6 is 0 Å². The zero-order valence-electron chi connectivity index (χ0n) is 13.0. The third kappa shape index (κ3) is 3.73. The number of nitrogens with one attached hydrogen (secondary N) is 1. The Morgan fingerprint density at radius 1 is 1.00 bits per heavy atom. The average molecular weight is 296 g/mol. The van der Waals surface area contributed by atoms with Crippen molar-refractivity contribution in [2.75, 3.05) is 0 Å². The van der Waals surface area contributed by atoms with Gasteiger partial charge in [-0.2, -0.15) is 5.10 Å². The fourth-order valence-electron chi connectivity index (χ4n) is 2.07. The highest BCUT2D eigenvalue weighted by atomic mass is 16.3. The van der Waals surface area contributed by atoms with Gasteiger partial charge in [0.15, 0.2) is 0 Å². The normalized spacial score (nSPS) is 12.0. The molecule has 0 bridgehead atoms. The van der Waals surface area contributed by atoms with Crippen LogP contribution in [0.15, 0.2) is 59.7 Å². The van der Waals surface area contributed by atoms with Crippen LogP contribution in [0, 0.1) is 5.41 Å². The fourth-order valence-corrected chi connectivity index (χ4v) is 2.07. The molecule has 4 nitrogen and oxygen atoms in total. The van der Waals surface area contributed by atoms with Gasteiger partial charge in [-0.25, -0.2) is 5.43 Å². The number of nitrogens with zero attached hydrogens (tertiary/aromatic N) is 1. The Morgan fingerprint density at radius 3 is 2.18 bits per heavy atom. The standard InChI is InChI=1S/C18H20N2O2/c1-18(2,3)16(14-11-7-8-12-15(14)21)19-20-17(22)13-9-5-4-6-10-13/h4-12,21H,1-3H3,(H,20,22). The van der Waals surface area contributed by atoms with Crippen LogP contribution in [0.3, 0.4) is 0 Å². The van der Waals surface area contributed by atoms with Crippen LogP contribution in [0.4, 0.5) is 0 Å². The van der Waals surface area contributed by atoms with Crippen LogP contribution in [-0.2, 0) is 0 Å². The lowest BCUT2D eigenvalue weighted by molar-refractivity contribution is 0.0954. The molecule has 0 saturated carbocycles. The van der Waals surface area contributed by atoms with E-state index in [2.05, 4.69) is 10.5 Å². The Labute approximate surface area is 130 Å². The second kappa shape index (κ2) is 6.43. The number of para-hydroxylation sites is 1. The molecule has 0 radical (unpaired) electrons. The highest BCUT2D eigenvalue weighted by Gasteiger charge is 2.23. The van der Waals surface area contributed by atoms with E-state index in [9.17, 15) is 9.90 Å². The summed E-state index contributed by atoms with van der Waals surface area (Å²) in [6.45, 7) is 5.94. The minimum atomic E-state index is -0.331. The molecule has 4 heteroatoms. The van der Waals surface area contributed by atoms with Crippen LogP contribution in [0.25, 0.3) is 0 Å². The Morgan fingerprint density at radius 2 is 1.59 bits per heavy atom. The van der Waals surface area contributed by atoms with Gasteiger partial charge in [-0.15, -0.1) is 0 Å². The molecule has 0 aliphatic heterocycles. The Kier molecular flexibility index (Phi) is 4.61. The molecule has 0 unspecified atom stereocenters. The van der Waals surface area contributed by atoms with Gasteiger partial charge in [-0.05, 0) is 24.3 Å². The van der Waals surface area contributed by atoms with E-state index in [1.807, 2.05) is 32.9 Å². The smallest absolute Gasteiger partial charge is 0.271 e. The molecule has 0 saturated heterocycles. The molecule has 2 aromatic rings. The quantitative estimate of drug-likeness (QED) is 0.672. The molecule has 0 fully saturated rings. The predicted molar refractivity (Wildman–Crippen MR) is 88.0 cm³/mol. The SMILES string of the molecule is CC(C)(C)C(=NNC(=O)c1ccccc1)c1ccccc1O. The number of hydrazone groups is 1. The number of aromatic hydroxyl groups is 1. The third-order valence-corrected chi connectivity index (χ3v) is 3.17. The average Bonchev–Trinajstić information content (AvgIpc) is 2.48. The number of hydrogen-bond acceptors (Lipinski definition) is 3. The lowest BCUT2D eigenvalue weighted by Gasteiger charge is -2.22. The first-order valence-corrected chi connectivity index (χ1v) is 7.11. The summed E-state index contributed by atoms with van der Waals surface area (Å²) in [7, 11) is 0. The summed E-state index contributed by atoms with van der Waals surface area (Å²) in [5, 5.41) is 14.3. The first-order chi connectivity index (χ1) is 10.4. The second-order valence-corrected chi connectivity index (χ2v) is 6.03. The maximum atomic E-state index is 12.1. The van der Waals surface area contributed by atoms with Crippen molar-refractivity contribution < 1.29 is 9.90 Å².